The fourth-order valence-electron chi connectivity index (χ4n) is 3.28. The molecule has 2 rings (SSSR count). The average Bonchev–Trinajstić information content (AvgIpc) is 3.09. The Morgan fingerprint density at radius 2 is 0.964 bits per heavy atom. The number of benzene rings is 1. The van der Waals surface area contributed by atoms with Gasteiger partial charge in [-0.3, -0.25) is 0 Å². The quantitative estimate of drug-likeness (QED) is 0.518. The number of rotatable bonds is 6. The predicted molar refractivity (Wildman–Crippen MR) is 118 cm³/mol. The standard InChI is InChI=1S/C12H18.C9H18N2O2.2ClH.Ru/c1-7-8(2)10(4)12(6)11(5)9(7)3;1-12-7-5-10-3-4-11(9-10)6-8-13-2;;;/h1-6H3;3-8H2,1-2H3;2*1H;/q;;;;+2/p-2. The van der Waals surface area contributed by atoms with Crippen molar-refractivity contribution in [2.24, 2.45) is 0 Å². The molecule has 1 saturated heterocycles. The van der Waals surface area contributed by atoms with Gasteiger partial charge >= 0.3 is 110 Å². The SMILES string of the molecule is COCCN1CCN(CCOC)[C]1=[Ru]([Cl])[Cl].Cc1c(C)c(C)c(C)c(C)c1C. The van der Waals surface area contributed by atoms with Gasteiger partial charge in [0.25, 0.3) is 0 Å². The van der Waals surface area contributed by atoms with Crippen LogP contribution in [0.5, 0.6) is 0 Å². The minimum absolute atomic E-state index is 0.706. The van der Waals surface area contributed by atoms with Crippen molar-refractivity contribution in [1.82, 2.24) is 9.80 Å². The van der Waals surface area contributed by atoms with E-state index in [1.165, 1.54) is 33.4 Å². The molecule has 1 heterocycles. The van der Waals surface area contributed by atoms with Crippen molar-refractivity contribution in [3.05, 3.63) is 33.4 Å². The molecule has 28 heavy (non-hydrogen) atoms. The van der Waals surface area contributed by atoms with Gasteiger partial charge < -0.3 is 0 Å². The molecule has 0 N–H and O–H groups in total. The van der Waals surface area contributed by atoms with Gasteiger partial charge in [-0.15, -0.1) is 0 Å². The van der Waals surface area contributed by atoms with Crippen LogP contribution in [0, 0.1) is 41.5 Å². The summed E-state index contributed by atoms with van der Waals surface area (Å²) in [6.45, 7) is 18.4. The first-order valence-corrected chi connectivity index (χ1v) is 14.9. The number of hydrogen-bond donors (Lipinski definition) is 0. The molecule has 0 aliphatic carbocycles. The summed E-state index contributed by atoms with van der Waals surface area (Å²) in [7, 11) is 15.7. The number of ether oxygens (including phenoxy) is 2. The van der Waals surface area contributed by atoms with E-state index in [1.807, 2.05) is 0 Å². The molecular weight excluding hydrogens is 484 g/mol. The summed E-state index contributed by atoms with van der Waals surface area (Å²) in [6.07, 6.45) is 0. The van der Waals surface area contributed by atoms with Gasteiger partial charge in [0.15, 0.2) is 0 Å². The van der Waals surface area contributed by atoms with Crippen molar-refractivity contribution in [2.45, 2.75) is 41.5 Å². The first kappa shape index (κ1) is 26.2. The molecule has 0 atom stereocenters. The van der Waals surface area contributed by atoms with Crippen molar-refractivity contribution >= 4 is 23.7 Å². The summed E-state index contributed by atoms with van der Waals surface area (Å²) in [5, 5.41) is 0. The monoisotopic (exact) mass is 520 g/mol. The second kappa shape index (κ2) is 12.7. The van der Waals surface area contributed by atoms with Crippen LogP contribution in [0.2, 0.25) is 0 Å². The van der Waals surface area contributed by atoms with Crippen LogP contribution in [-0.4, -0.2) is 67.8 Å². The minimum atomic E-state index is -1.86. The molecule has 0 aromatic heterocycles. The van der Waals surface area contributed by atoms with E-state index < -0.39 is 13.5 Å². The van der Waals surface area contributed by atoms with Gasteiger partial charge in [0.05, 0.1) is 0 Å². The van der Waals surface area contributed by atoms with E-state index in [-0.39, 0.29) is 0 Å². The molecule has 0 unspecified atom stereocenters. The molecule has 1 aromatic rings. The summed E-state index contributed by atoms with van der Waals surface area (Å²) in [6, 6.07) is 0. The van der Waals surface area contributed by atoms with Crippen LogP contribution in [0.15, 0.2) is 0 Å². The maximum Gasteiger partial charge on any atom is -0.0392 e. The Morgan fingerprint density at radius 3 is 1.18 bits per heavy atom. The van der Waals surface area contributed by atoms with Crippen molar-refractivity contribution in [3.8, 4) is 0 Å². The van der Waals surface area contributed by atoms with Crippen LogP contribution in [0.25, 0.3) is 0 Å². The van der Waals surface area contributed by atoms with Gasteiger partial charge in [0.2, 0.25) is 0 Å². The van der Waals surface area contributed by atoms with Crippen molar-refractivity contribution in [3.63, 3.8) is 0 Å². The summed E-state index contributed by atoms with van der Waals surface area (Å²) in [5.74, 6) is 0. The summed E-state index contributed by atoms with van der Waals surface area (Å²) in [4.78, 5) is 4.47. The van der Waals surface area contributed by atoms with Gasteiger partial charge in [-0.1, -0.05) is 0 Å². The van der Waals surface area contributed by atoms with Crippen molar-refractivity contribution < 1.29 is 23.0 Å². The van der Waals surface area contributed by atoms with Gasteiger partial charge in [-0.25, -0.2) is 0 Å². The Kier molecular flexibility index (Phi) is 11.9. The van der Waals surface area contributed by atoms with Crippen LogP contribution < -0.4 is 0 Å². The molecule has 0 amide bonds. The van der Waals surface area contributed by atoms with Gasteiger partial charge in [-0.05, 0) is 74.9 Å². The van der Waals surface area contributed by atoms with Crippen LogP contribution in [0.1, 0.15) is 33.4 Å². The molecular formula is C21H36Cl2N2O2Ru. The third kappa shape index (κ3) is 6.84. The fraction of sp³-hybridized carbons (Fsp3) is 0.667. The topological polar surface area (TPSA) is 24.9 Å². The largest absolute Gasteiger partial charge is 0.0447 e. The number of hydrogen-bond acceptors (Lipinski definition) is 4. The summed E-state index contributed by atoms with van der Waals surface area (Å²) >= 11 is -1.86. The second-order valence-corrected chi connectivity index (χ2v) is 12.8. The second-order valence-electron chi connectivity index (χ2n) is 7.15. The van der Waals surface area contributed by atoms with Gasteiger partial charge in [0.1, 0.15) is 0 Å². The molecule has 0 saturated carbocycles. The maximum atomic E-state index is 6.14. The zero-order chi connectivity index (χ0) is 21.4. The molecule has 1 aliphatic rings. The molecule has 1 aromatic carbocycles. The first-order chi connectivity index (χ1) is 13.2. The molecule has 4 nitrogen and oxygen atoms in total. The smallest absolute Gasteiger partial charge is 0.0392 e. The minimum Gasteiger partial charge on any atom is -0.0447 e. The van der Waals surface area contributed by atoms with Crippen molar-refractivity contribution in [1.29, 1.82) is 0 Å². The van der Waals surface area contributed by atoms with E-state index in [9.17, 15) is 0 Å². The number of methoxy groups -OCH3 is 2. The third-order valence-corrected chi connectivity index (χ3v) is 8.87. The molecule has 1 aliphatic heterocycles. The zero-order valence-electron chi connectivity index (χ0n) is 18.6. The normalized spacial score (nSPS) is 15.6. The Morgan fingerprint density at radius 1 is 0.679 bits per heavy atom. The predicted octanol–water partition coefficient (Wildman–Crippen LogP) is 4.45. The van der Waals surface area contributed by atoms with E-state index in [2.05, 4.69) is 51.3 Å². The molecule has 0 bridgehead atoms. The van der Waals surface area contributed by atoms with E-state index in [1.54, 1.807) is 14.2 Å². The number of halogens is 2. The Bertz CT molecular complexity index is 568. The van der Waals surface area contributed by atoms with Crippen LogP contribution >= 0.6 is 19.4 Å². The molecule has 0 spiro atoms. The molecule has 1 fully saturated rings. The Hall–Kier alpha value is 0.133. The van der Waals surface area contributed by atoms with Crippen molar-refractivity contribution in [2.75, 3.05) is 53.6 Å². The Balaban J connectivity index is 0.000000292. The fourth-order valence-corrected chi connectivity index (χ4v) is 6.89. The van der Waals surface area contributed by atoms with Gasteiger partial charge in [-0.2, -0.15) is 0 Å². The molecule has 164 valence electrons. The Labute approximate surface area is 184 Å². The molecule has 7 heteroatoms. The van der Waals surface area contributed by atoms with Gasteiger partial charge in [0, 0.05) is 0 Å². The van der Waals surface area contributed by atoms with Crippen LogP contribution in [0.4, 0.5) is 0 Å². The van der Waals surface area contributed by atoms with E-state index >= 15 is 0 Å². The van der Waals surface area contributed by atoms with E-state index in [4.69, 9.17) is 28.9 Å². The average molecular weight is 521 g/mol. The van der Waals surface area contributed by atoms with Crippen LogP contribution in [0.3, 0.4) is 0 Å². The number of nitrogens with zero attached hydrogens (tertiary/aromatic N) is 2. The molecule has 0 radical (unpaired) electrons. The zero-order valence-corrected chi connectivity index (χ0v) is 21.8. The third-order valence-electron chi connectivity index (χ3n) is 5.77. The van der Waals surface area contributed by atoms with E-state index in [0.29, 0.717) is 13.2 Å². The summed E-state index contributed by atoms with van der Waals surface area (Å²) < 4.78 is 11.3. The maximum absolute atomic E-state index is 6.14. The summed E-state index contributed by atoms with van der Waals surface area (Å²) in [5.41, 5.74) is 8.73. The first-order valence-electron chi connectivity index (χ1n) is 9.55. The van der Waals surface area contributed by atoms with E-state index in [0.717, 1.165) is 30.5 Å². The van der Waals surface area contributed by atoms with Crippen LogP contribution in [-0.2, 0) is 23.0 Å².